The Morgan fingerprint density at radius 1 is 1.06 bits per heavy atom. The number of ether oxygens (including phenoxy) is 1. The Bertz CT molecular complexity index is 1290. The largest absolute Gasteiger partial charge is 0.489 e. The molecule has 0 spiro atoms. The summed E-state index contributed by atoms with van der Waals surface area (Å²) in [6, 6.07) is 20.7. The van der Waals surface area contributed by atoms with Crippen molar-refractivity contribution >= 4 is 40.6 Å². The smallest absolute Gasteiger partial charge is 0.294 e. The van der Waals surface area contributed by atoms with Crippen molar-refractivity contribution < 1.29 is 23.5 Å². The van der Waals surface area contributed by atoms with E-state index in [0.717, 1.165) is 28.6 Å². The van der Waals surface area contributed by atoms with Crippen LogP contribution in [0.2, 0.25) is 0 Å². The summed E-state index contributed by atoms with van der Waals surface area (Å²) < 4.78 is 19.5. The van der Waals surface area contributed by atoms with E-state index in [-0.39, 0.29) is 23.9 Å². The number of halogens is 1. The second kappa shape index (κ2) is 11.0. The van der Waals surface area contributed by atoms with Crippen molar-refractivity contribution in [2.75, 3.05) is 11.9 Å². The third-order valence-electron chi connectivity index (χ3n) is 5.33. The van der Waals surface area contributed by atoms with Crippen molar-refractivity contribution in [2.45, 2.75) is 20.0 Å². The lowest BCUT2D eigenvalue weighted by Gasteiger charge is -2.12. The average Bonchev–Trinajstić information content (AvgIpc) is 3.11. The molecule has 0 unspecified atom stereocenters. The van der Waals surface area contributed by atoms with E-state index in [0.29, 0.717) is 22.6 Å². The van der Waals surface area contributed by atoms with Crippen LogP contribution in [-0.4, -0.2) is 28.5 Å². The van der Waals surface area contributed by atoms with E-state index >= 15 is 0 Å². The second-order valence-corrected chi connectivity index (χ2v) is 8.81. The van der Waals surface area contributed by atoms with Crippen molar-refractivity contribution in [2.24, 2.45) is 0 Å². The van der Waals surface area contributed by atoms with E-state index in [2.05, 4.69) is 5.32 Å². The number of benzene rings is 3. The summed E-state index contributed by atoms with van der Waals surface area (Å²) in [6.07, 6.45) is 2.46. The average molecular weight is 491 g/mol. The maximum atomic E-state index is 13.8. The van der Waals surface area contributed by atoms with Gasteiger partial charge in [-0.05, 0) is 65.7 Å². The molecule has 0 bridgehead atoms. The molecule has 3 aromatic carbocycles. The number of thioether (sulfide) groups is 1. The highest BCUT2D eigenvalue weighted by Gasteiger charge is 2.36. The summed E-state index contributed by atoms with van der Waals surface area (Å²) in [5.74, 6) is -0.843. The number of imide groups is 1. The SMILES string of the molecule is CCc1ccc(NC(=O)CN2C(=O)S/C(=C/c3cccc(OCc4ccccc4F)c3)C2=O)cc1. The Kier molecular flexibility index (Phi) is 7.62. The van der Waals surface area contributed by atoms with Gasteiger partial charge in [0, 0.05) is 11.3 Å². The lowest BCUT2D eigenvalue weighted by Crippen LogP contribution is -2.36. The Hall–Kier alpha value is -3.91. The lowest BCUT2D eigenvalue weighted by atomic mass is 10.1. The van der Waals surface area contributed by atoms with Crippen molar-refractivity contribution in [3.05, 3.63) is 100 Å². The standard InChI is InChI=1S/C27H23FN2O4S/c1-2-18-10-12-21(13-11-18)29-25(31)16-30-26(32)24(35-27(30)33)15-19-6-5-8-22(14-19)34-17-20-7-3-4-9-23(20)28/h3-15H,2,16-17H2,1H3,(H,29,31)/b24-15+. The monoisotopic (exact) mass is 490 g/mol. The molecule has 3 aromatic rings. The van der Waals surface area contributed by atoms with Gasteiger partial charge < -0.3 is 10.1 Å². The van der Waals surface area contributed by atoms with E-state index in [1.807, 2.05) is 19.1 Å². The molecular formula is C27H23FN2O4S. The van der Waals surface area contributed by atoms with Crippen LogP contribution >= 0.6 is 11.8 Å². The molecule has 1 saturated heterocycles. The van der Waals surface area contributed by atoms with Gasteiger partial charge in [-0.3, -0.25) is 19.3 Å². The Morgan fingerprint density at radius 2 is 1.83 bits per heavy atom. The van der Waals surface area contributed by atoms with Crippen LogP contribution in [0, 0.1) is 5.82 Å². The van der Waals surface area contributed by atoms with E-state index in [1.165, 1.54) is 6.07 Å². The molecule has 0 atom stereocenters. The van der Waals surface area contributed by atoms with Gasteiger partial charge in [0.05, 0.1) is 4.91 Å². The molecule has 8 heteroatoms. The van der Waals surface area contributed by atoms with Crippen molar-refractivity contribution in [3.8, 4) is 5.75 Å². The molecule has 0 aliphatic carbocycles. The molecule has 0 saturated carbocycles. The number of aryl methyl sites for hydroxylation is 1. The minimum absolute atomic E-state index is 0.0585. The minimum Gasteiger partial charge on any atom is -0.489 e. The van der Waals surface area contributed by atoms with Gasteiger partial charge in [0.1, 0.15) is 24.7 Å². The number of hydrogen-bond donors (Lipinski definition) is 1. The van der Waals surface area contributed by atoms with Crippen molar-refractivity contribution in [1.29, 1.82) is 0 Å². The molecule has 0 aromatic heterocycles. The molecule has 3 amide bonds. The van der Waals surface area contributed by atoms with Gasteiger partial charge in [-0.1, -0.05) is 49.4 Å². The summed E-state index contributed by atoms with van der Waals surface area (Å²) in [7, 11) is 0. The van der Waals surface area contributed by atoms with Crippen LogP contribution in [0.5, 0.6) is 5.75 Å². The van der Waals surface area contributed by atoms with Gasteiger partial charge in [-0.15, -0.1) is 0 Å². The number of rotatable bonds is 8. The molecule has 1 aliphatic heterocycles. The van der Waals surface area contributed by atoms with Gasteiger partial charge in [-0.2, -0.15) is 0 Å². The van der Waals surface area contributed by atoms with E-state index in [9.17, 15) is 18.8 Å². The van der Waals surface area contributed by atoms with Crippen LogP contribution in [0.4, 0.5) is 14.9 Å². The predicted octanol–water partition coefficient (Wildman–Crippen LogP) is 5.64. The zero-order valence-corrected chi connectivity index (χ0v) is 19.8. The topological polar surface area (TPSA) is 75.7 Å². The van der Waals surface area contributed by atoms with Crippen LogP contribution in [0.1, 0.15) is 23.6 Å². The maximum absolute atomic E-state index is 13.8. The zero-order valence-electron chi connectivity index (χ0n) is 19.0. The van der Waals surface area contributed by atoms with Gasteiger partial charge in [-0.25, -0.2) is 4.39 Å². The Labute approximate surface area is 206 Å². The fourth-order valence-corrected chi connectivity index (χ4v) is 4.26. The number of carbonyl (C=O) groups is 3. The fraction of sp³-hybridized carbons (Fsp3) is 0.148. The summed E-state index contributed by atoms with van der Waals surface area (Å²) in [4.78, 5) is 38.7. The quantitative estimate of drug-likeness (QED) is 0.414. The number of nitrogens with zero attached hydrogens (tertiary/aromatic N) is 1. The minimum atomic E-state index is -0.533. The number of anilines is 1. The molecule has 35 heavy (non-hydrogen) atoms. The third-order valence-corrected chi connectivity index (χ3v) is 6.24. The molecule has 4 rings (SSSR count). The molecule has 1 heterocycles. The van der Waals surface area contributed by atoms with Crippen LogP contribution in [-0.2, 0) is 22.6 Å². The Balaban J connectivity index is 1.39. The molecule has 1 N–H and O–H groups in total. The van der Waals surface area contributed by atoms with Crippen LogP contribution < -0.4 is 10.1 Å². The normalized spacial score (nSPS) is 14.5. The molecule has 0 radical (unpaired) electrons. The van der Waals surface area contributed by atoms with Gasteiger partial charge in [0.25, 0.3) is 11.1 Å². The van der Waals surface area contributed by atoms with E-state index in [1.54, 1.807) is 60.7 Å². The Morgan fingerprint density at radius 3 is 2.57 bits per heavy atom. The highest BCUT2D eigenvalue weighted by atomic mass is 32.2. The van der Waals surface area contributed by atoms with Crippen molar-refractivity contribution in [3.63, 3.8) is 0 Å². The molecular weight excluding hydrogens is 467 g/mol. The maximum Gasteiger partial charge on any atom is 0.294 e. The van der Waals surface area contributed by atoms with E-state index in [4.69, 9.17) is 4.74 Å². The third kappa shape index (κ3) is 6.16. The van der Waals surface area contributed by atoms with Crippen molar-refractivity contribution in [1.82, 2.24) is 4.90 Å². The zero-order chi connectivity index (χ0) is 24.8. The molecule has 178 valence electrons. The number of carbonyl (C=O) groups excluding carboxylic acids is 3. The molecule has 6 nitrogen and oxygen atoms in total. The molecule has 1 aliphatic rings. The van der Waals surface area contributed by atoms with Gasteiger partial charge in [0.15, 0.2) is 0 Å². The summed E-state index contributed by atoms with van der Waals surface area (Å²) >= 11 is 0.776. The summed E-state index contributed by atoms with van der Waals surface area (Å²) in [5, 5.41) is 2.20. The van der Waals surface area contributed by atoms with Crippen LogP contribution in [0.15, 0.2) is 77.7 Å². The first-order chi connectivity index (χ1) is 16.9. The van der Waals surface area contributed by atoms with E-state index < -0.39 is 17.1 Å². The summed E-state index contributed by atoms with van der Waals surface area (Å²) in [5.41, 5.74) is 2.81. The van der Waals surface area contributed by atoms with Gasteiger partial charge >= 0.3 is 0 Å². The lowest BCUT2D eigenvalue weighted by molar-refractivity contribution is -0.127. The summed E-state index contributed by atoms with van der Waals surface area (Å²) in [6.45, 7) is 1.72. The number of nitrogens with one attached hydrogen (secondary N) is 1. The van der Waals surface area contributed by atoms with Gasteiger partial charge in [0.2, 0.25) is 5.91 Å². The first kappa shape index (κ1) is 24.2. The predicted molar refractivity (Wildman–Crippen MR) is 134 cm³/mol. The molecule has 1 fully saturated rings. The van der Waals surface area contributed by atoms with Crippen LogP contribution in [0.3, 0.4) is 0 Å². The number of hydrogen-bond acceptors (Lipinski definition) is 5. The highest BCUT2D eigenvalue weighted by molar-refractivity contribution is 8.18. The highest BCUT2D eigenvalue weighted by Crippen LogP contribution is 2.32. The first-order valence-electron chi connectivity index (χ1n) is 11.0. The fourth-order valence-electron chi connectivity index (χ4n) is 3.43. The first-order valence-corrected chi connectivity index (χ1v) is 11.8. The van der Waals surface area contributed by atoms with Crippen LogP contribution in [0.25, 0.3) is 6.08 Å². The number of amides is 3. The second-order valence-electron chi connectivity index (χ2n) is 7.82.